The van der Waals surface area contributed by atoms with Crippen molar-refractivity contribution < 1.29 is 14.6 Å². The molecular weight excluding hydrogens is 476 g/mol. The standard InChI is InChI=1S/C31H24N4O3/c32-31-25-11-6-10-23(24(25)15-16-33-31)20-13-14-28-26(17-20)27(34-35(28)22-8-2-1-3-9-22)19-38-29-12-5-4-7-21(29)18-30(36)37/h1-17H,18-19H2,(H2,32,33)(H,36,37). The van der Waals surface area contributed by atoms with Gasteiger partial charge in [-0.2, -0.15) is 5.10 Å². The first-order valence-corrected chi connectivity index (χ1v) is 12.2. The van der Waals surface area contributed by atoms with Gasteiger partial charge in [0.05, 0.1) is 17.6 Å². The molecule has 186 valence electrons. The first kappa shape index (κ1) is 23.2. The number of carbonyl (C=O) groups is 1. The number of nitrogens with two attached hydrogens (primary N) is 1. The number of aromatic nitrogens is 3. The Kier molecular flexibility index (Phi) is 5.94. The van der Waals surface area contributed by atoms with E-state index in [9.17, 15) is 9.90 Å². The number of hydrogen-bond acceptors (Lipinski definition) is 5. The lowest BCUT2D eigenvalue weighted by molar-refractivity contribution is -0.136. The van der Waals surface area contributed by atoms with Gasteiger partial charge in [-0.1, -0.05) is 60.7 Å². The second kappa shape index (κ2) is 9.71. The summed E-state index contributed by atoms with van der Waals surface area (Å²) < 4.78 is 8.06. The number of ether oxygens (including phenoxy) is 1. The maximum absolute atomic E-state index is 11.3. The number of nitrogens with zero attached hydrogens (tertiary/aromatic N) is 3. The predicted octanol–water partition coefficient (Wildman–Crippen LogP) is 6.03. The molecule has 7 nitrogen and oxygen atoms in total. The number of aliphatic carboxylic acids is 1. The molecule has 0 aliphatic rings. The highest BCUT2D eigenvalue weighted by Crippen LogP contribution is 2.34. The van der Waals surface area contributed by atoms with Gasteiger partial charge in [0.1, 0.15) is 23.9 Å². The Morgan fingerprint density at radius 1 is 0.868 bits per heavy atom. The second-order valence-corrected chi connectivity index (χ2v) is 8.99. The Morgan fingerprint density at radius 2 is 1.68 bits per heavy atom. The van der Waals surface area contributed by atoms with E-state index in [1.165, 1.54) is 0 Å². The number of para-hydroxylation sites is 2. The van der Waals surface area contributed by atoms with Gasteiger partial charge in [-0.25, -0.2) is 9.67 Å². The molecule has 2 aromatic heterocycles. The molecule has 6 aromatic rings. The molecule has 0 bridgehead atoms. The number of hydrogen-bond donors (Lipinski definition) is 2. The summed E-state index contributed by atoms with van der Waals surface area (Å²) in [6, 6.07) is 31.4. The van der Waals surface area contributed by atoms with Crippen molar-refractivity contribution in [3.8, 4) is 22.6 Å². The SMILES string of the molecule is Nc1nccc2c(-c3ccc4c(c3)c(COc3ccccc3CC(=O)O)nn4-c3ccccc3)cccc12. The van der Waals surface area contributed by atoms with Crippen molar-refractivity contribution in [2.24, 2.45) is 0 Å². The molecule has 0 saturated heterocycles. The molecule has 0 saturated carbocycles. The van der Waals surface area contributed by atoms with Gasteiger partial charge in [0.25, 0.3) is 0 Å². The number of nitrogen functional groups attached to an aromatic ring is 1. The quantitative estimate of drug-likeness (QED) is 0.277. The van der Waals surface area contributed by atoms with Crippen molar-refractivity contribution >= 4 is 33.5 Å². The van der Waals surface area contributed by atoms with Crippen LogP contribution in [0.3, 0.4) is 0 Å². The average molecular weight is 501 g/mol. The van der Waals surface area contributed by atoms with E-state index < -0.39 is 5.97 Å². The van der Waals surface area contributed by atoms with Gasteiger partial charge in [-0.05, 0) is 52.9 Å². The van der Waals surface area contributed by atoms with Crippen molar-refractivity contribution in [1.82, 2.24) is 14.8 Å². The smallest absolute Gasteiger partial charge is 0.307 e. The Labute approximate surface area is 218 Å². The van der Waals surface area contributed by atoms with Crippen LogP contribution in [0.25, 0.3) is 38.5 Å². The fourth-order valence-corrected chi connectivity index (χ4v) is 4.80. The zero-order valence-electron chi connectivity index (χ0n) is 20.4. The van der Waals surface area contributed by atoms with Crippen LogP contribution in [0, 0.1) is 0 Å². The molecular formula is C31H24N4O3. The zero-order chi connectivity index (χ0) is 26.1. The number of rotatable bonds is 7. The predicted molar refractivity (Wildman–Crippen MR) is 148 cm³/mol. The Balaban J connectivity index is 1.47. The minimum Gasteiger partial charge on any atom is -0.487 e. The maximum atomic E-state index is 11.3. The summed E-state index contributed by atoms with van der Waals surface area (Å²) in [7, 11) is 0. The van der Waals surface area contributed by atoms with Gasteiger partial charge in [-0.15, -0.1) is 0 Å². The summed E-state index contributed by atoms with van der Waals surface area (Å²) >= 11 is 0. The second-order valence-electron chi connectivity index (χ2n) is 8.99. The number of carboxylic acids is 1. The van der Waals surface area contributed by atoms with E-state index >= 15 is 0 Å². The number of anilines is 1. The Morgan fingerprint density at radius 3 is 2.53 bits per heavy atom. The Bertz CT molecular complexity index is 1790. The molecule has 0 aliphatic carbocycles. The van der Waals surface area contributed by atoms with Gasteiger partial charge < -0.3 is 15.6 Å². The number of carboxylic acid groups (broad SMARTS) is 1. The van der Waals surface area contributed by atoms with Crippen molar-refractivity contribution in [3.05, 3.63) is 115 Å². The molecule has 6 rings (SSSR count). The van der Waals surface area contributed by atoms with Crippen LogP contribution in [-0.2, 0) is 17.8 Å². The van der Waals surface area contributed by atoms with Crippen LogP contribution in [-0.4, -0.2) is 25.8 Å². The fourth-order valence-electron chi connectivity index (χ4n) is 4.80. The van der Waals surface area contributed by atoms with Crippen LogP contribution in [0.1, 0.15) is 11.3 Å². The van der Waals surface area contributed by atoms with E-state index in [0.717, 1.165) is 44.2 Å². The van der Waals surface area contributed by atoms with Gasteiger partial charge in [-0.3, -0.25) is 4.79 Å². The van der Waals surface area contributed by atoms with E-state index in [1.807, 2.05) is 65.3 Å². The number of fused-ring (bicyclic) bond motifs is 2. The van der Waals surface area contributed by atoms with E-state index in [0.29, 0.717) is 17.1 Å². The molecule has 3 N–H and O–H groups in total. The average Bonchev–Trinajstić information content (AvgIpc) is 3.30. The van der Waals surface area contributed by atoms with Gasteiger partial charge in [0, 0.05) is 22.5 Å². The van der Waals surface area contributed by atoms with Crippen LogP contribution in [0.5, 0.6) is 5.75 Å². The van der Waals surface area contributed by atoms with Crippen LogP contribution in [0.2, 0.25) is 0 Å². The summed E-state index contributed by atoms with van der Waals surface area (Å²) in [5, 5.41) is 17.1. The van der Waals surface area contributed by atoms with Gasteiger partial charge >= 0.3 is 5.97 Å². The molecule has 0 amide bonds. The van der Waals surface area contributed by atoms with Crippen molar-refractivity contribution in [3.63, 3.8) is 0 Å². The molecule has 7 heteroatoms. The summed E-state index contributed by atoms with van der Waals surface area (Å²) in [6.45, 7) is 0.183. The molecule has 0 aliphatic heterocycles. The minimum atomic E-state index is -0.907. The number of benzene rings is 4. The summed E-state index contributed by atoms with van der Waals surface area (Å²) in [4.78, 5) is 15.6. The third kappa shape index (κ3) is 4.30. The largest absolute Gasteiger partial charge is 0.487 e. The van der Waals surface area contributed by atoms with Crippen LogP contribution >= 0.6 is 0 Å². The van der Waals surface area contributed by atoms with Gasteiger partial charge in [0.2, 0.25) is 0 Å². The van der Waals surface area contributed by atoms with Crippen LogP contribution < -0.4 is 10.5 Å². The monoisotopic (exact) mass is 500 g/mol. The van der Waals surface area contributed by atoms with E-state index in [4.69, 9.17) is 15.6 Å². The summed E-state index contributed by atoms with van der Waals surface area (Å²) in [5.41, 5.74) is 11.5. The highest BCUT2D eigenvalue weighted by Gasteiger charge is 2.16. The lowest BCUT2D eigenvalue weighted by Gasteiger charge is -2.10. The third-order valence-electron chi connectivity index (χ3n) is 6.58. The first-order chi connectivity index (χ1) is 18.6. The minimum absolute atomic E-state index is 0.113. The molecule has 0 radical (unpaired) electrons. The van der Waals surface area contributed by atoms with Gasteiger partial charge in [0.15, 0.2) is 0 Å². The van der Waals surface area contributed by atoms with E-state index in [-0.39, 0.29) is 13.0 Å². The van der Waals surface area contributed by atoms with E-state index in [1.54, 1.807) is 18.3 Å². The summed E-state index contributed by atoms with van der Waals surface area (Å²) in [5.74, 6) is 0.123. The molecule has 2 heterocycles. The van der Waals surface area contributed by atoms with Crippen LogP contribution in [0.4, 0.5) is 5.82 Å². The molecule has 0 spiro atoms. The fraction of sp³-hybridized carbons (Fsp3) is 0.0645. The lowest BCUT2D eigenvalue weighted by atomic mass is 9.97. The van der Waals surface area contributed by atoms with E-state index in [2.05, 4.69) is 29.2 Å². The van der Waals surface area contributed by atoms with Crippen molar-refractivity contribution in [2.45, 2.75) is 13.0 Å². The Hall–Kier alpha value is -5.17. The number of pyridine rings is 1. The zero-order valence-corrected chi connectivity index (χ0v) is 20.4. The highest BCUT2D eigenvalue weighted by molar-refractivity contribution is 6.02. The topological polar surface area (TPSA) is 103 Å². The molecule has 4 aromatic carbocycles. The molecule has 0 atom stereocenters. The first-order valence-electron chi connectivity index (χ1n) is 12.2. The van der Waals surface area contributed by atoms with Crippen molar-refractivity contribution in [2.75, 3.05) is 5.73 Å². The lowest BCUT2D eigenvalue weighted by Crippen LogP contribution is -2.05. The molecule has 0 unspecified atom stereocenters. The van der Waals surface area contributed by atoms with Crippen LogP contribution in [0.15, 0.2) is 103 Å². The summed E-state index contributed by atoms with van der Waals surface area (Å²) in [6.07, 6.45) is 1.61. The third-order valence-corrected chi connectivity index (χ3v) is 6.58. The normalized spacial score (nSPS) is 11.2. The molecule has 38 heavy (non-hydrogen) atoms. The molecule has 0 fully saturated rings. The van der Waals surface area contributed by atoms with Crippen molar-refractivity contribution in [1.29, 1.82) is 0 Å². The highest BCUT2D eigenvalue weighted by atomic mass is 16.5. The maximum Gasteiger partial charge on any atom is 0.307 e.